The molecule has 0 atom stereocenters. The molecule has 0 saturated carbocycles. The van der Waals surface area contributed by atoms with E-state index in [4.69, 9.17) is 14.0 Å². The molecule has 2 heterocycles. The fourth-order valence-corrected chi connectivity index (χ4v) is 2.04. The Morgan fingerprint density at radius 3 is 2.14 bits per heavy atom. The highest BCUT2D eigenvalue weighted by atomic mass is 16.7. The maximum atomic E-state index is 6.05. The molecule has 1 aromatic rings. The first-order chi connectivity index (χ1) is 9.95. The predicted octanol–water partition coefficient (Wildman–Crippen LogP) is 1.99. The van der Waals surface area contributed by atoms with Crippen molar-refractivity contribution in [1.82, 2.24) is 9.97 Å². The van der Waals surface area contributed by atoms with Gasteiger partial charge in [0.25, 0.3) is 0 Å². The molecule has 0 aromatic carbocycles. The van der Waals surface area contributed by atoms with Crippen LogP contribution in [0, 0.1) is 0 Å². The number of aromatic nitrogens is 2. The van der Waals surface area contributed by atoms with Crippen LogP contribution in [0.5, 0.6) is 6.01 Å². The van der Waals surface area contributed by atoms with Gasteiger partial charge in [0.1, 0.15) is 11.4 Å². The Balaban J connectivity index is 2.30. The van der Waals surface area contributed by atoms with Crippen LogP contribution in [0.3, 0.4) is 0 Å². The van der Waals surface area contributed by atoms with Crippen molar-refractivity contribution in [1.29, 1.82) is 0 Å². The smallest absolute Gasteiger partial charge is 0.458 e. The Kier molecular flexibility index (Phi) is 4.17. The van der Waals surface area contributed by atoms with Crippen LogP contribution in [0.4, 0.5) is 5.82 Å². The van der Waals surface area contributed by atoms with Crippen LogP contribution in [0.25, 0.3) is 0 Å². The number of anilines is 1. The molecule has 0 unspecified atom stereocenters. The van der Waals surface area contributed by atoms with E-state index in [2.05, 4.69) is 15.3 Å². The highest BCUT2D eigenvalue weighted by Gasteiger charge is 2.52. The number of ether oxygens (including phenoxy) is 1. The lowest BCUT2D eigenvalue weighted by molar-refractivity contribution is 0.00578. The minimum absolute atomic E-state index is 0.331. The molecule has 0 aliphatic carbocycles. The summed E-state index contributed by atoms with van der Waals surface area (Å²) in [6.45, 7) is 13.9. The molecule has 7 heteroatoms. The van der Waals surface area contributed by atoms with Gasteiger partial charge in [0.05, 0.1) is 11.2 Å². The number of nitrogens with zero attached hydrogens (tertiary/aromatic N) is 2. The average Bonchev–Trinajstić information content (AvgIpc) is 2.56. The van der Waals surface area contributed by atoms with Crippen molar-refractivity contribution in [3.05, 3.63) is 6.20 Å². The monoisotopic (exact) mass is 307 g/mol. The molecule has 1 aromatic heterocycles. The van der Waals surface area contributed by atoms with E-state index in [1.807, 2.05) is 48.5 Å². The van der Waals surface area contributed by atoms with E-state index in [1.54, 1.807) is 13.2 Å². The Morgan fingerprint density at radius 2 is 1.68 bits per heavy atom. The second-order valence-electron chi connectivity index (χ2n) is 7.51. The van der Waals surface area contributed by atoms with Crippen LogP contribution in [-0.2, 0) is 9.31 Å². The molecule has 6 nitrogen and oxygen atoms in total. The van der Waals surface area contributed by atoms with E-state index in [0.717, 1.165) is 5.46 Å². The molecule has 0 spiro atoms. The Labute approximate surface area is 133 Å². The van der Waals surface area contributed by atoms with Gasteiger partial charge in [-0.3, -0.25) is 0 Å². The fraction of sp³-hybridized carbons (Fsp3) is 0.733. The van der Waals surface area contributed by atoms with Crippen molar-refractivity contribution in [2.75, 3.05) is 12.4 Å². The third-order valence-electron chi connectivity index (χ3n) is 3.94. The van der Waals surface area contributed by atoms with Gasteiger partial charge in [-0.25, -0.2) is 4.98 Å². The van der Waals surface area contributed by atoms with E-state index in [1.165, 1.54) is 0 Å². The second kappa shape index (κ2) is 5.39. The SMILES string of the molecule is CNc1nc(OC(C)(C)C)ncc1B1OC(C)(C)C(C)(C)O1. The van der Waals surface area contributed by atoms with Gasteiger partial charge in [0, 0.05) is 18.7 Å². The lowest BCUT2D eigenvalue weighted by atomic mass is 9.80. The van der Waals surface area contributed by atoms with Gasteiger partial charge in [0.15, 0.2) is 0 Å². The number of hydrogen-bond acceptors (Lipinski definition) is 6. The summed E-state index contributed by atoms with van der Waals surface area (Å²) in [7, 11) is 1.30. The van der Waals surface area contributed by atoms with Crippen LogP contribution in [0.15, 0.2) is 6.20 Å². The summed E-state index contributed by atoms with van der Waals surface area (Å²) in [5.41, 5.74) is -0.383. The summed E-state index contributed by atoms with van der Waals surface area (Å²) in [5, 5.41) is 3.06. The van der Waals surface area contributed by atoms with Crippen LogP contribution in [0.1, 0.15) is 48.5 Å². The van der Waals surface area contributed by atoms with Crippen LogP contribution in [0.2, 0.25) is 0 Å². The molecular weight excluding hydrogens is 281 g/mol. The number of rotatable bonds is 3. The molecular formula is C15H26BN3O3. The maximum absolute atomic E-state index is 6.05. The third kappa shape index (κ3) is 3.36. The molecule has 122 valence electrons. The zero-order valence-corrected chi connectivity index (χ0v) is 14.8. The summed E-state index contributed by atoms with van der Waals surface area (Å²) < 4.78 is 17.8. The van der Waals surface area contributed by atoms with Gasteiger partial charge < -0.3 is 19.4 Å². The molecule has 1 N–H and O–H groups in total. The van der Waals surface area contributed by atoms with Gasteiger partial charge in [-0.1, -0.05) is 0 Å². The van der Waals surface area contributed by atoms with Crippen molar-refractivity contribution >= 4 is 18.4 Å². The molecule has 1 aliphatic heterocycles. The van der Waals surface area contributed by atoms with Crippen LogP contribution in [-0.4, -0.2) is 40.9 Å². The average molecular weight is 307 g/mol. The standard InChI is InChI=1S/C15H26BN3O3/c1-13(2,3)20-12-18-9-10(11(17-8)19-12)16-21-14(4,5)15(6,7)22-16/h9H,1-8H3,(H,17,18,19). The molecule has 0 bridgehead atoms. The number of nitrogens with one attached hydrogen (secondary N) is 1. The highest BCUT2D eigenvalue weighted by molar-refractivity contribution is 6.63. The summed E-state index contributed by atoms with van der Waals surface area (Å²) in [6.07, 6.45) is 1.70. The van der Waals surface area contributed by atoms with Gasteiger partial charge in [-0.2, -0.15) is 4.98 Å². The van der Waals surface area contributed by atoms with Crippen molar-refractivity contribution < 1.29 is 14.0 Å². The molecule has 1 aliphatic rings. The zero-order chi connectivity index (χ0) is 16.8. The van der Waals surface area contributed by atoms with E-state index in [9.17, 15) is 0 Å². The summed E-state index contributed by atoms with van der Waals surface area (Å²) in [5.74, 6) is 0.646. The first-order valence-electron chi connectivity index (χ1n) is 7.54. The first-order valence-corrected chi connectivity index (χ1v) is 7.54. The molecule has 0 radical (unpaired) electrons. The molecule has 1 fully saturated rings. The van der Waals surface area contributed by atoms with E-state index < -0.39 is 18.3 Å². The Hall–Kier alpha value is -1.34. The van der Waals surface area contributed by atoms with E-state index in [0.29, 0.717) is 11.8 Å². The zero-order valence-electron chi connectivity index (χ0n) is 14.8. The molecule has 22 heavy (non-hydrogen) atoms. The molecule has 0 amide bonds. The van der Waals surface area contributed by atoms with Crippen molar-refractivity contribution in [3.63, 3.8) is 0 Å². The summed E-state index contributed by atoms with van der Waals surface area (Å²) >= 11 is 0. The minimum Gasteiger partial charge on any atom is -0.458 e. The van der Waals surface area contributed by atoms with Crippen molar-refractivity contribution in [2.45, 2.75) is 65.3 Å². The van der Waals surface area contributed by atoms with E-state index >= 15 is 0 Å². The summed E-state index contributed by atoms with van der Waals surface area (Å²) in [6, 6.07) is 0.331. The third-order valence-corrected chi connectivity index (χ3v) is 3.94. The van der Waals surface area contributed by atoms with Gasteiger partial charge >= 0.3 is 13.1 Å². The minimum atomic E-state index is -0.504. The fourth-order valence-electron chi connectivity index (χ4n) is 2.04. The van der Waals surface area contributed by atoms with Crippen molar-refractivity contribution in [2.24, 2.45) is 0 Å². The van der Waals surface area contributed by atoms with Crippen LogP contribution >= 0.6 is 0 Å². The summed E-state index contributed by atoms with van der Waals surface area (Å²) in [4.78, 5) is 8.69. The largest absolute Gasteiger partial charge is 0.500 e. The molecule has 1 saturated heterocycles. The maximum Gasteiger partial charge on any atom is 0.500 e. The normalized spacial score (nSPS) is 20.1. The second-order valence-corrected chi connectivity index (χ2v) is 7.51. The van der Waals surface area contributed by atoms with Crippen LogP contribution < -0.4 is 15.5 Å². The van der Waals surface area contributed by atoms with Crippen molar-refractivity contribution in [3.8, 4) is 6.01 Å². The Morgan fingerprint density at radius 1 is 1.14 bits per heavy atom. The van der Waals surface area contributed by atoms with E-state index in [-0.39, 0.29) is 5.60 Å². The number of hydrogen-bond donors (Lipinski definition) is 1. The quantitative estimate of drug-likeness (QED) is 0.862. The first kappa shape index (κ1) is 17.0. The lowest BCUT2D eigenvalue weighted by Crippen LogP contribution is -2.41. The van der Waals surface area contributed by atoms with Gasteiger partial charge in [-0.15, -0.1) is 0 Å². The highest BCUT2D eigenvalue weighted by Crippen LogP contribution is 2.36. The predicted molar refractivity (Wildman–Crippen MR) is 87.7 cm³/mol. The lowest BCUT2D eigenvalue weighted by Gasteiger charge is -2.32. The molecule has 2 rings (SSSR count). The van der Waals surface area contributed by atoms with Gasteiger partial charge in [-0.05, 0) is 48.5 Å². The topological polar surface area (TPSA) is 65.5 Å². The van der Waals surface area contributed by atoms with Gasteiger partial charge in [0.2, 0.25) is 0 Å². The Bertz CT molecular complexity index is 539.